The van der Waals surface area contributed by atoms with Crippen molar-refractivity contribution in [3.05, 3.63) is 51.4 Å². The van der Waals surface area contributed by atoms with Crippen LogP contribution in [0.1, 0.15) is 55.5 Å². The first-order valence-electron chi connectivity index (χ1n) is 11.0. The Balaban J connectivity index is 2.11. The third kappa shape index (κ3) is 4.85. The first-order chi connectivity index (χ1) is 15.0. The summed E-state index contributed by atoms with van der Waals surface area (Å²) in [6.45, 7) is 8.12. The van der Waals surface area contributed by atoms with Crippen LogP contribution >= 0.6 is 0 Å². The zero-order chi connectivity index (χ0) is 22.4. The molecule has 8 nitrogen and oxygen atoms in total. The van der Waals surface area contributed by atoms with Crippen LogP contribution in [0, 0.1) is 12.3 Å². The van der Waals surface area contributed by atoms with Crippen molar-refractivity contribution in [2.24, 2.45) is 0 Å². The molecular formula is C23H31N5O3. The van der Waals surface area contributed by atoms with Gasteiger partial charge in [0.25, 0.3) is 11.5 Å². The van der Waals surface area contributed by atoms with Crippen LogP contribution in [0.5, 0.6) is 0 Å². The molecule has 3 aromatic rings. The van der Waals surface area contributed by atoms with E-state index in [1.807, 2.05) is 19.9 Å². The summed E-state index contributed by atoms with van der Waals surface area (Å²) in [6.07, 6.45) is 5.24. The fourth-order valence-corrected chi connectivity index (χ4v) is 3.62. The van der Waals surface area contributed by atoms with Crippen molar-refractivity contribution in [1.82, 2.24) is 19.3 Å². The Morgan fingerprint density at radius 1 is 1.23 bits per heavy atom. The van der Waals surface area contributed by atoms with Crippen molar-refractivity contribution in [2.45, 2.75) is 53.0 Å². The molecule has 0 aliphatic carbocycles. The molecule has 8 heteroatoms. The predicted molar refractivity (Wildman–Crippen MR) is 121 cm³/mol. The quantitative estimate of drug-likeness (QED) is 0.385. The van der Waals surface area contributed by atoms with Crippen molar-refractivity contribution in [1.29, 1.82) is 5.41 Å². The number of nitrogens with zero attached hydrogens (tertiary/aromatic N) is 3. The summed E-state index contributed by atoms with van der Waals surface area (Å²) < 4.78 is 8.50. The van der Waals surface area contributed by atoms with E-state index in [-0.39, 0.29) is 22.5 Å². The maximum absolute atomic E-state index is 13.2. The molecule has 0 aliphatic heterocycles. The fourth-order valence-electron chi connectivity index (χ4n) is 3.62. The highest BCUT2D eigenvalue weighted by molar-refractivity contribution is 5.96. The molecular weight excluding hydrogens is 394 g/mol. The third-order valence-electron chi connectivity index (χ3n) is 5.32. The molecule has 0 spiro atoms. The van der Waals surface area contributed by atoms with Crippen LogP contribution < -0.4 is 16.4 Å². The molecule has 1 amide bonds. The van der Waals surface area contributed by atoms with Gasteiger partial charge in [-0.15, -0.1) is 0 Å². The van der Waals surface area contributed by atoms with Gasteiger partial charge in [0, 0.05) is 32.5 Å². The zero-order valence-corrected chi connectivity index (χ0v) is 18.5. The number of fused-ring (bicyclic) bond motifs is 2. The number of hydrogen-bond acceptors (Lipinski definition) is 5. The normalized spacial score (nSPS) is 11.3. The van der Waals surface area contributed by atoms with E-state index < -0.39 is 0 Å². The molecule has 0 saturated carbocycles. The van der Waals surface area contributed by atoms with Crippen molar-refractivity contribution >= 4 is 22.6 Å². The maximum Gasteiger partial charge on any atom is 0.267 e. The number of nitrogens with one attached hydrogen (secondary N) is 2. The van der Waals surface area contributed by atoms with E-state index in [2.05, 4.69) is 12.2 Å². The second-order valence-electron chi connectivity index (χ2n) is 7.61. The largest absolute Gasteiger partial charge is 0.382 e. The predicted octanol–water partition coefficient (Wildman–Crippen LogP) is 2.78. The Morgan fingerprint density at radius 2 is 2.03 bits per heavy atom. The number of carbonyl (C=O) groups excluding carboxylic acids is 1. The van der Waals surface area contributed by atoms with Gasteiger partial charge in [0.1, 0.15) is 16.8 Å². The number of carbonyl (C=O) groups is 1. The molecule has 0 bridgehead atoms. The number of pyridine rings is 2. The van der Waals surface area contributed by atoms with Crippen LogP contribution in [-0.2, 0) is 11.3 Å². The lowest BCUT2D eigenvalue weighted by Crippen LogP contribution is -2.35. The van der Waals surface area contributed by atoms with E-state index in [4.69, 9.17) is 15.1 Å². The Labute approximate surface area is 181 Å². The number of amides is 1. The first kappa shape index (κ1) is 22.7. The van der Waals surface area contributed by atoms with Crippen LogP contribution in [0.15, 0.2) is 29.2 Å². The Kier molecular flexibility index (Phi) is 7.57. The smallest absolute Gasteiger partial charge is 0.267 e. The minimum atomic E-state index is -0.360. The number of ether oxygens (including phenoxy) is 1. The van der Waals surface area contributed by atoms with Gasteiger partial charge in [0.2, 0.25) is 0 Å². The molecule has 166 valence electrons. The minimum absolute atomic E-state index is 0.0794. The number of aromatic nitrogens is 3. The lowest BCUT2D eigenvalue weighted by Gasteiger charge is -2.15. The molecule has 0 saturated heterocycles. The number of unbranched alkanes of at least 4 members (excludes halogenated alkanes) is 2. The lowest BCUT2D eigenvalue weighted by molar-refractivity contribution is 0.0942. The van der Waals surface area contributed by atoms with Gasteiger partial charge in [-0.05, 0) is 44.4 Å². The molecule has 0 aliphatic rings. The first-order valence-corrected chi connectivity index (χ1v) is 11.0. The molecule has 2 N–H and O–H groups in total. The molecule has 31 heavy (non-hydrogen) atoms. The van der Waals surface area contributed by atoms with Gasteiger partial charge in [-0.3, -0.25) is 19.4 Å². The average molecular weight is 426 g/mol. The Bertz CT molecular complexity index is 1200. The molecule has 0 fully saturated rings. The minimum Gasteiger partial charge on any atom is -0.382 e. The summed E-state index contributed by atoms with van der Waals surface area (Å²) in [4.78, 5) is 30.8. The summed E-state index contributed by atoms with van der Waals surface area (Å²) in [5, 5.41) is 11.9. The summed E-state index contributed by atoms with van der Waals surface area (Å²) in [5.74, 6) is -0.360. The molecule has 3 heterocycles. The second kappa shape index (κ2) is 10.3. The van der Waals surface area contributed by atoms with Gasteiger partial charge in [-0.25, -0.2) is 4.98 Å². The summed E-state index contributed by atoms with van der Waals surface area (Å²) in [5.41, 5.74) is 1.93. The molecule has 3 aromatic heterocycles. The zero-order valence-electron chi connectivity index (χ0n) is 18.5. The van der Waals surface area contributed by atoms with Crippen molar-refractivity contribution in [3.63, 3.8) is 0 Å². The van der Waals surface area contributed by atoms with Crippen molar-refractivity contribution in [2.75, 3.05) is 19.8 Å². The van der Waals surface area contributed by atoms with E-state index >= 15 is 0 Å². The number of rotatable bonds is 10. The van der Waals surface area contributed by atoms with Crippen molar-refractivity contribution < 1.29 is 9.53 Å². The van der Waals surface area contributed by atoms with Gasteiger partial charge >= 0.3 is 0 Å². The summed E-state index contributed by atoms with van der Waals surface area (Å²) >= 11 is 0. The standard InChI is InChI=1S/C23H31N5O3/c1-4-6-7-12-27-19(24)17(22(29)25-11-9-14-31-5-2)15-18-21(27)26-20-16(3)10-8-13-28(20)23(18)30/h8,10,13,15,24H,4-7,9,11-12,14H2,1-3H3,(H,25,29). The van der Waals surface area contributed by atoms with Gasteiger partial charge < -0.3 is 14.6 Å². The lowest BCUT2D eigenvalue weighted by atomic mass is 10.1. The van der Waals surface area contributed by atoms with E-state index in [9.17, 15) is 9.59 Å². The van der Waals surface area contributed by atoms with E-state index in [1.54, 1.807) is 16.8 Å². The van der Waals surface area contributed by atoms with Crippen LogP contribution in [0.25, 0.3) is 16.7 Å². The number of aryl methyl sites for hydroxylation is 2. The second-order valence-corrected chi connectivity index (χ2v) is 7.61. The third-order valence-corrected chi connectivity index (χ3v) is 5.32. The SMILES string of the molecule is CCCCCn1c(=N)c(C(=O)NCCCOCC)cc2c(=O)n3cccc(C)c3nc21. The van der Waals surface area contributed by atoms with Gasteiger partial charge in [0.15, 0.2) is 0 Å². The monoisotopic (exact) mass is 425 g/mol. The highest BCUT2D eigenvalue weighted by atomic mass is 16.5. The van der Waals surface area contributed by atoms with E-state index in [0.29, 0.717) is 49.4 Å². The Morgan fingerprint density at radius 3 is 2.77 bits per heavy atom. The van der Waals surface area contributed by atoms with Crippen LogP contribution in [0.4, 0.5) is 0 Å². The topological polar surface area (TPSA) is 101 Å². The maximum atomic E-state index is 13.2. The fraction of sp³-hybridized carbons (Fsp3) is 0.478. The molecule has 0 radical (unpaired) electrons. The highest BCUT2D eigenvalue weighted by Crippen LogP contribution is 2.13. The highest BCUT2D eigenvalue weighted by Gasteiger charge is 2.17. The number of hydrogen-bond donors (Lipinski definition) is 2. The molecule has 0 aromatic carbocycles. The van der Waals surface area contributed by atoms with Crippen molar-refractivity contribution in [3.8, 4) is 0 Å². The summed E-state index contributed by atoms with van der Waals surface area (Å²) in [6, 6.07) is 5.22. The van der Waals surface area contributed by atoms with E-state index in [1.165, 1.54) is 10.5 Å². The van der Waals surface area contributed by atoms with Crippen LogP contribution in [0.2, 0.25) is 0 Å². The van der Waals surface area contributed by atoms with Crippen LogP contribution in [-0.4, -0.2) is 39.6 Å². The van der Waals surface area contributed by atoms with E-state index in [0.717, 1.165) is 24.8 Å². The van der Waals surface area contributed by atoms with Gasteiger partial charge in [0.05, 0.1) is 10.9 Å². The molecule has 0 atom stereocenters. The van der Waals surface area contributed by atoms with Gasteiger partial charge in [-0.2, -0.15) is 0 Å². The summed E-state index contributed by atoms with van der Waals surface area (Å²) in [7, 11) is 0. The molecule has 3 rings (SSSR count). The average Bonchev–Trinajstić information content (AvgIpc) is 2.76. The Hall–Kier alpha value is -3.00. The van der Waals surface area contributed by atoms with Gasteiger partial charge in [-0.1, -0.05) is 25.8 Å². The van der Waals surface area contributed by atoms with Crippen LogP contribution in [0.3, 0.4) is 0 Å². The molecule has 0 unspecified atom stereocenters.